The fraction of sp³-hybridized carbons (Fsp3) is 0.0755. The Morgan fingerprint density at radius 1 is 0.500 bits per heavy atom. The van der Waals surface area contributed by atoms with E-state index in [0.717, 1.165) is 27.8 Å². The quantitative estimate of drug-likeness (QED) is 0.178. The van der Waals surface area contributed by atoms with Gasteiger partial charge in [-0.15, -0.1) is 0 Å². The SMILES string of the molecule is C\C=C/C=C1\C(=C2\C=CC(c3nc(-c4ccccc4)nc(-c4cccc(-c5ccccc5)c4)n3)=CC2C)C2(c3ccccc31)c1ccccc1-c1ccccc12. The maximum Gasteiger partial charge on any atom is 0.164 e. The lowest BCUT2D eigenvalue weighted by atomic mass is 9.67. The Hall–Kier alpha value is -6.97. The molecule has 0 aliphatic heterocycles. The lowest BCUT2D eigenvalue weighted by molar-refractivity contribution is 0.758. The summed E-state index contributed by atoms with van der Waals surface area (Å²) in [5, 5.41) is 0. The lowest BCUT2D eigenvalue weighted by Gasteiger charge is -2.34. The Kier molecular flexibility index (Phi) is 8.22. The van der Waals surface area contributed by atoms with Gasteiger partial charge in [-0.3, -0.25) is 0 Å². The van der Waals surface area contributed by atoms with Gasteiger partial charge < -0.3 is 0 Å². The van der Waals surface area contributed by atoms with E-state index in [9.17, 15) is 0 Å². The van der Waals surface area contributed by atoms with Crippen molar-refractivity contribution in [3.8, 4) is 45.0 Å². The van der Waals surface area contributed by atoms with Gasteiger partial charge in [0.2, 0.25) is 0 Å². The highest BCUT2D eigenvalue weighted by Crippen LogP contribution is 2.65. The zero-order valence-corrected chi connectivity index (χ0v) is 31.4. The van der Waals surface area contributed by atoms with Crippen LogP contribution in [0, 0.1) is 5.92 Å². The highest BCUT2D eigenvalue weighted by molar-refractivity contribution is 6.01. The van der Waals surface area contributed by atoms with Gasteiger partial charge in [-0.1, -0.05) is 195 Å². The summed E-state index contributed by atoms with van der Waals surface area (Å²) in [4.78, 5) is 15.4. The number of fused-ring (bicyclic) bond motifs is 7. The zero-order valence-electron chi connectivity index (χ0n) is 31.4. The third kappa shape index (κ3) is 5.31. The van der Waals surface area contributed by atoms with E-state index in [1.807, 2.05) is 24.3 Å². The fourth-order valence-electron chi connectivity index (χ4n) is 9.07. The van der Waals surface area contributed by atoms with Gasteiger partial charge in [0.15, 0.2) is 17.5 Å². The number of benzene rings is 6. The molecule has 1 heterocycles. The topological polar surface area (TPSA) is 38.7 Å². The van der Waals surface area contributed by atoms with Crippen molar-refractivity contribution in [1.82, 2.24) is 15.0 Å². The molecule has 0 saturated carbocycles. The molecule has 3 aliphatic carbocycles. The monoisotopic (exact) mass is 717 g/mol. The summed E-state index contributed by atoms with van der Waals surface area (Å²) in [6.07, 6.45) is 13.5. The smallest absolute Gasteiger partial charge is 0.164 e. The summed E-state index contributed by atoms with van der Waals surface area (Å²) in [6.45, 7) is 4.40. The Bertz CT molecular complexity index is 2770. The number of allylic oxidation sites excluding steroid dienone is 10. The second-order valence-electron chi connectivity index (χ2n) is 14.7. The second-order valence-corrected chi connectivity index (χ2v) is 14.7. The van der Waals surface area contributed by atoms with E-state index in [-0.39, 0.29) is 5.92 Å². The first kappa shape index (κ1) is 33.6. The summed E-state index contributed by atoms with van der Waals surface area (Å²) < 4.78 is 0. The predicted octanol–water partition coefficient (Wildman–Crippen LogP) is 12.7. The molecule has 1 unspecified atom stereocenters. The highest BCUT2D eigenvalue weighted by atomic mass is 15.0. The molecule has 7 aromatic rings. The Morgan fingerprint density at radius 2 is 1.02 bits per heavy atom. The molecule has 0 bridgehead atoms. The molecule has 3 nitrogen and oxygen atoms in total. The van der Waals surface area contributed by atoms with E-state index in [4.69, 9.17) is 15.0 Å². The van der Waals surface area contributed by atoms with Crippen LogP contribution in [0.15, 0.2) is 205 Å². The van der Waals surface area contributed by atoms with Gasteiger partial charge in [-0.2, -0.15) is 0 Å². The van der Waals surface area contributed by atoms with Crippen molar-refractivity contribution < 1.29 is 0 Å². The second kappa shape index (κ2) is 13.7. The first-order valence-electron chi connectivity index (χ1n) is 19.4. The van der Waals surface area contributed by atoms with Crippen molar-refractivity contribution >= 4 is 11.1 Å². The molecule has 0 fully saturated rings. The van der Waals surface area contributed by atoms with E-state index in [1.54, 1.807) is 0 Å². The van der Waals surface area contributed by atoms with Gasteiger partial charge in [0.25, 0.3) is 0 Å². The van der Waals surface area contributed by atoms with Gasteiger partial charge in [0.1, 0.15) is 0 Å². The van der Waals surface area contributed by atoms with Crippen molar-refractivity contribution in [2.45, 2.75) is 19.3 Å². The zero-order chi connectivity index (χ0) is 37.6. The molecule has 0 amide bonds. The summed E-state index contributed by atoms with van der Waals surface area (Å²) >= 11 is 0. The summed E-state index contributed by atoms with van der Waals surface area (Å²) in [5.41, 5.74) is 16.5. The maximum atomic E-state index is 5.18. The van der Waals surface area contributed by atoms with Crippen LogP contribution >= 0.6 is 0 Å². The van der Waals surface area contributed by atoms with Crippen LogP contribution in [0.1, 0.15) is 41.9 Å². The minimum Gasteiger partial charge on any atom is -0.208 e. The number of rotatable bonds is 5. The number of hydrogen-bond acceptors (Lipinski definition) is 3. The Labute approximate surface area is 328 Å². The molecular formula is C53H39N3. The molecule has 0 radical (unpaired) electrons. The summed E-state index contributed by atoms with van der Waals surface area (Å²) in [7, 11) is 0. The van der Waals surface area contributed by atoms with E-state index < -0.39 is 5.41 Å². The lowest BCUT2D eigenvalue weighted by Crippen LogP contribution is -2.28. The minimum atomic E-state index is -0.457. The van der Waals surface area contributed by atoms with Crippen LogP contribution in [0.3, 0.4) is 0 Å². The average molecular weight is 718 g/mol. The highest BCUT2D eigenvalue weighted by Gasteiger charge is 2.54. The van der Waals surface area contributed by atoms with Crippen molar-refractivity contribution in [3.63, 3.8) is 0 Å². The van der Waals surface area contributed by atoms with Crippen molar-refractivity contribution in [2.24, 2.45) is 5.92 Å². The van der Waals surface area contributed by atoms with Crippen LogP contribution in [0.4, 0.5) is 0 Å². The summed E-state index contributed by atoms with van der Waals surface area (Å²) in [5.74, 6) is 2.03. The molecule has 266 valence electrons. The molecule has 0 saturated heterocycles. The standard InChI is InChI=1S/C53H39N3/c1-3-4-24-45-44-27-13-16-30-48(44)53(46-28-14-11-25-42(46)43-26-12-15-29-47(43)53)49(45)41-32-31-40(33-35(41)2)52-55-50(37-20-9-6-10-21-37)54-51(56-52)39-23-17-22-38(34-39)36-18-7-5-8-19-36/h3-35H,1-2H3/b4-3-,45-24-,49-41+. The Morgan fingerprint density at radius 3 is 1.66 bits per heavy atom. The van der Waals surface area contributed by atoms with E-state index in [0.29, 0.717) is 17.5 Å². The van der Waals surface area contributed by atoms with Crippen LogP contribution in [0.5, 0.6) is 0 Å². The first-order valence-corrected chi connectivity index (χ1v) is 19.4. The van der Waals surface area contributed by atoms with E-state index in [1.165, 1.54) is 50.1 Å². The number of nitrogens with zero attached hydrogens (tertiary/aromatic N) is 3. The maximum absolute atomic E-state index is 5.18. The minimum absolute atomic E-state index is 0.0620. The van der Waals surface area contributed by atoms with E-state index in [2.05, 4.69) is 184 Å². The third-order valence-electron chi connectivity index (χ3n) is 11.5. The van der Waals surface area contributed by atoms with Crippen LogP contribution in [-0.4, -0.2) is 15.0 Å². The van der Waals surface area contributed by atoms with Crippen LogP contribution in [0.25, 0.3) is 56.2 Å². The number of aromatic nitrogens is 3. The van der Waals surface area contributed by atoms with Gasteiger partial charge in [0, 0.05) is 22.6 Å². The largest absolute Gasteiger partial charge is 0.208 e. The van der Waals surface area contributed by atoms with Crippen molar-refractivity contribution in [2.75, 3.05) is 0 Å². The Balaban J connectivity index is 1.16. The molecule has 1 atom stereocenters. The summed E-state index contributed by atoms with van der Waals surface area (Å²) in [6, 6.07) is 56.1. The van der Waals surface area contributed by atoms with Crippen LogP contribution in [0.2, 0.25) is 0 Å². The molecule has 1 aromatic heterocycles. The predicted molar refractivity (Wildman–Crippen MR) is 230 cm³/mol. The van der Waals surface area contributed by atoms with Gasteiger partial charge in [0.05, 0.1) is 5.41 Å². The van der Waals surface area contributed by atoms with Gasteiger partial charge in [-0.05, 0) is 74.2 Å². The fourth-order valence-corrected chi connectivity index (χ4v) is 9.07. The molecule has 56 heavy (non-hydrogen) atoms. The molecule has 10 rings (SSSR count). The van der Waals surface area contributed by atoms with Crippen molar-refractivity contribution in [3.05, 3.63) is 233 Å². The molecule has 3 aliphatic rings. The van der Waals surface area contributed by atoms with Crippen molar-refractivity contribution in [1.29, 1.82) is 0 Å². The molecule has 0 N–H and O–H groups in total. The van der Waals surface area contributed by atoms with Gasteiger partial charge in [-0.25, -0.2) is 15.0 Å². The number of hydrogen-bond donors (Lipinski definition) is 0. The van der Waals surface area contributed by atoms with Crippen LogP contribution in [-0.2, 0) is 5.41 Å². The van der Waals surface area contributed by atoms with E-state index >= 15 is 0 Å². The van der Waals surface area contributed by atoms with Gasteiger partial charge >= 0.3 is 0 Å². The first-order chi connectivity index (χ1) is 27.6. The molecule has 3 heteroatoms. The van der Waals surface area contributed by atoms with Crippen LogP contribution < -0.4 is 0 Å². The molecular weight excluding hydrogens is 679 g/mol. The third-order valence-corrected chi connectivity index (χ3v) is 11.5. The average Bonchev–Trinajstić information content (AvgIpc) is 3.73. The molecule has 1 spiro atoms. The normalized spacial score (nSPS) is 18.3. The molecule has 6 aromatic carbocycles.